The number of H-pyrrole nitrogens is 1. The molecule has 1 aromatic carbocycles. The molecule has 5 N–H and O–H groups in total. The number of aromatic amines is 1. The quantitative estimate of drug-likeness (QED) is 0.233. The molecule has 1 aromatic heterocycles. The SMILES string of the molecule is COc1cccc2[nH]c(C(=O)CC(CC(C)C)C(=O)NC(CC3CCNC3=O)C(C#N)NCC(=O)O)cc12. The molecule has 4 atom stereocenters. The summed E-state index contributed by atoms with van der Waals surface area (Å²) in [6.07, 6.45) is 1.10. The zero-order valence-electron chi connectivity index (χ0n) is 21.9. The number of aliphatic carboxylic acids is 1. The minimum atomic E-state index is -1.15. The molecule has 1 fully saturated rings. The van der Waals surface area contributed by atoms with Crippen LogP contribution in [0.4, 0.5) is 0 Å². The Bertz CT molecular complexity index is 1220. The molecule has 4 unspecified atom stereocenters. The summed E-state index contributed by atoms with van der Waals surface area (Å²) >= 11 is 0. The normalized spacial score (nSPS) is 17.4. The Balaban J connectivity index is 1.80. The number of benzene rings is 1. The fraction of sp³-hybridized carbons (Fsp3) is 0.519. The average Bonchev–Trinajstić information content (AvgIpc) is 3.49. The van der Waals surface area contributed by atoms with Crippen LogP contribution < -0.4 is 20.7 Å². The van der Waals surface area contributed by atoms with Crippen molar-refractivity contribution in [3.8, 4) is 11.8 Å². The number of fused-ring (bicyclic) bond motifs is 1. The predicted molar refractivity (Wildman–Crippen MR) is 139 cm³/mol. The van der Waals surface area contributed by atoms with E-state index in [9.17, 15) is 24.4 Å². The maximum atomic E-state index is 13.5. The second kappa shape index (κ2) is 13.1. The lowest BCUT2D eigenvalue weighted by atomic mass is 9.89. The van der Waals surface area contributed by atoms with Gasteiger partial charge in [-0.2, -0.15) is 5.26 Å². The maximum Gasteiger partial charge on any atom is 0.317 e. The molecule has 0 spiro atoms. The average molecular weight is 526 g/mol. The molecule has 0 radical (unpaired) electrons. The predicted octanol–water partition coefficient (Wildman–Crippen LogP) is 1.99. The minimum Gasteiger partial charge on any atom is -0.496 e. The van der Waals surface area contributed by atoms with E-state index in [0.29, 0.717) is 30.8 Å². The number of carboxylic acid groups (broad SMARTS) is 1. The van der Waals surface area contributed by atoms with Crippen LogP contribution in [0, 0.1) is 29.1 Å². The molecule has 2 heterocycles. The molecular weight excluding hydrogens is 490 g/mol. The lowest BCUT2D eigenvalue weighted by molar-refractivity contribution is -0.136. The summed E-state index contributed by atoms with van der Waals surface area (Å²) in [6.45, 7) is 3.93. The molecule has 0 aliphatic carbocycles. The number of hydrogen-bond acceptors (Lipinski definition) is 7. The molecule has 3 rings (SSSR count). The van der Waals surface area contributed by atoms with Gasteiger partial charge in [-0.05, 0) is 43.4 Å². The standard InChI is InChI=1S/C27H35N5O6/c1-15(2)9-17(11-23(33)21-12-18-19(31-21)5-4-6-24(18)38-3)27(37)32-20(10-16-7-8-29-26(16)36)22(13-28)30-14-25(34)35/h4-6,12,15-17,20,22,30-31H,7-11,14H2,1-3H3,(H,29,36)(H,32,37)(H,34,35). The highest BCUT2D eigenvalue weighted by Crippen LogP contribution is 2.28. The first kappa shape index (κ1) is 28.7. The van der Waals surface area contributed by atoms with Crippen LogP contribution in [0.5, 0.6) is 5.75 Å². The van der Waals surface area contributed by atoms with E-state index in [4.69, 9.17) is 9.84 Å². The molecule has 0 bridgehead atoms. The Labute approximate surface area is 221 Å². The third kappa shape index (κ3) is 7.32. The number of nitrogens with zero attached hydrogens (tertiary/aromatic N) is 1. The summed E-state index contributed by atoms with van der Waals surface area (Å²) in [5.74, 6) is -2.32. The Morgan fingerprint density at radius 2 is 2.05 bits per heavy atom. The van der Waals surface area contributed by atoms with Crippen molar-refractivity contribution in [2.24, 2.45) is 17.8 Å². The molecule has 38 heavy (non-hydrogen) atoms. The number of aromatic nitrogens is 1. The van der Waals surface area contributed by atoms with E-state index in [1.807, 2.05) is 32.0 Å². The van der Waals surface area contributed by atoms with Crippen LogP contribution in [0.2, 0.25) is 0 Å². The summed E-state index contributed by atoms with van der Waals surface area (Å²) in [4.78, 5) is 53.1. The van der Waals surface area contributed by atoms with Gasteiger partial charge < -0.3 is 25.5 Å². The van der Waals surface area contributed by atoms with Crippen molar-refractivity contribution in [1.82, 2.24) is 20.9 Å². The third-order valence-corrected chi connectivity index (χ3v) is 6.75. The van der Waals surface area contributed by atoms with Gasteiger partial charge in [-0.1, -0.05) is 19.9 Å². The zero-order chi connectivity index (χ0) is 27.8. The smallest absolute Gasteiger partial charge is 0.317 e. The Kier molecular flexibility index (Phi) is 9.85. The van der Waals surface area contributed by atoms with Crippen molar-refractivity contribution in [1.29, 1.82) is 5.26 Å². The summed E-state index contributed by atoms with van der Waals surface area (Å²) in [5.41, 5.74) is 1.11. The molecular formula is C27H35N5O6. The first-order valence-electron chi connectivity index (χ1n) is 12.7. The number of methoxy groups -OCH3 is 1. The Hall–Kier alpha value is -3.91. The number of nitriles is 1. The monoisotopic (exact) mass is 525 g/mol. The van der Waals surface area contributed by atoms with E-state index >= 15 is 0 Å². The molecule has 2 amide bonds. The maximum absolute atomic E-state index is 13.5. The first-order valence-corrected chi connectivity index (χ1v) is 12.7. The number of amides is 2. The van der Waals surface area contributed by atoms with Crippen LogP contribution in [0.3, 0.4) is 0 Å². The fourth-order valence-electron chi connectivity index (χ4n) is 4.87. The van der Waals surface area contributed by atoms with Crippen molar-refractivity contribution in [2.75, 3.05) is 20.2 Å². The highest BCUT2D eigenvalue weighted by Gasteiger charge is 2.34. The van der Waals surface area contributed by atoms with E-state index in [-0.39, 0.29) is 30.4 Å². The van der Waals surface area contributed by atoms with Crippen LogP contribution in [0.15, 0.2) is 24.3 Å². The van der Waals surface area contributed by atoms with Gasteiger partial charge >= 0.3 is 5.97 Å². The van der Waals surface area contributed by atoms with Crippen LogP contribution in [-0.2, 0) is 14.4 Å². The van der Waals surface area contributed by atoms with Crippen molar-refractivity contribution in [2.45, 2.75) is 51.6 Å². The van der Waals surface area contributed by atoms with Crippen molar-refractivity contribution >= 4 is 34.5 Å². The van der Waals surface area contributed by atoms with Crippen LogP contribution >= 0.6 is 0 Å². The zero-order valence-corrected chi connectivity index (χ0v) is 21.9. The van der Waals surface area contributed by atoms with Crippen molar-refractivity contribution in [3.63, 3.8) is 0 Å². The molecule has 1 saturated heterocycles. The van der Waals surface area contributed by atoms with Crippen molar-refractivity contribution in [3.05, 3.63) is 30.0 Å². The summed E-state index contributed by atoms with van der Waals surface area (Å²) in [6, 6.07) is 7.34. The van der Waals surface area contributed by atoms with Gasteiger partial charge in [0.25, 0.3) is 0 Å². The van der Waals surface area contributed by atoms with Gasteiger partial charge in [-0.25, -0.2) is 0 Å². The van der Waals surface area contributed by atoms with E-state index in [0.717, 1.165) is 10.9 Å². The lowest BCUT2D eigenvalue weighted by Gasteiger charge is -2.28. The van der Waals surface area contributed by atoms with Gasteiger partial charge in [0.05, 0.1) is 31.5 Å². The summed E-state index contributed by atoms with van der Waals surface area (Å²) in [7, 11) is 1.55. The highest BCUT2D eigenvalue weighted by molar-refractivity contribution is 6.02. The number of ether oxygens (including phenoxy) is 1. The van der Waals surface area contributed by atoms with Gasteiger partial charge in [0.15, 0.2) is 5.78 Å². The van der Waals surface area contributed by atoms with Gasteiger partial charge in [0.1, 0.15) is 11.8 Å². The van der Waals surface area contributed by atoms with Gasteiger partial charge in [-0.15, -0.1) is 0 Å². The molecule has 11 heteroatoms. The number of nitrogens with one attached hydrogen (secondary N) is 4. The number of rotatable bonds is 14. The third-order valence-electron chi connectivity index (χ3n) is 6.75. The molecule has 1 aliphatic rings. The van der Waals surface area contributed by atoms with Crippen LogP contribution in [0.1, 0.15) is 50.0 Å². The largest absolute Gasteiger partial charge is 0.496 e. The number of carboxylic acids is 1. The number of ketones is 1. The molecule has 1 aliphatic heterocycles. The Morgan fingerprint density at radius 1 is 1.29 bits per heavy atom. The van der Waals surface area contributed by atoms with E-state index in [2.05, 4.69) is 20.9 Å². The highest BCUT2D eigenvalue weighted by atomic mass is 16.5. The van der Waals surface area contributed by atoms with Gasteiger partial charge in [-0.3, -0.25) is 24.5 Å². The van der Waals surface area contributed by atoms with Gasteiger partial charge in [0.2, 0.25) is 11.8 Å². The Morgan fingerprint density at radius 3 is 2.66 bits per heavy atom. The van der Waals surface area contributed by atoms with Crippen LogP contribution in [-0.4, -0.2) is 65.9 Å². The molecule has 0 saturated carbocycles. The number of carbonyl (C=O) groups is 4. The number of carbonyl (C=O) groups excluding carboxylic acids is 3. The van der Waals surface area contributed by atoms with Crippen molar-refractivity contribution < 1.29 is 29.0 Å². The number of hydrogen-bond donors (Lipinski definition) is 5. The molecule has 11 nitrogen and oxygen atoms in total. The van der Waals surface area contributed by atoms with E-state index in [1.165, 1.54) is 0 Å². The van der Waals surface area contributed by atoms with E-state index in [1.54, 1.807) is 19.2 Å². The van der Waals surface area contributed by atoms with Gasteiger partial charge in [0, 0.05) is 35.7 Å². The minimum absolute atomic E-state index is 0.0600. The topological polar surface area (TPSA) is 173 Å². The lowest BCUT2D eigenvalue weighted by Crippen LogP contribution is -2.53. The van der Waals surface area contributed by atoms with Crippen LogP contribution in [0.25, 0.3) is 10.9 Å². The van der Waals surface area contributed by atoms with E-state index < -0.39 is 42.3 Å². The first-order chi connectivity index (χ1) is 18.1. The molecule has 2 aromatic rings. The summed E-state index contributed by atoms with van der Waals surface area (Å²) in [5, 5.41) is 27.8. The molecule has 204 valence electrons. The second-order valence-corrected chi connectivity index (χ2v) is 10.1. The number of Topliss-reactive ketones (excluding diaryl/α,β-unsaturated/α-hetero) is 1. The second-order valence-electron chi connectivity index (χ2n) is 10.1. The fourth-order valence-corrected chi connectivity index (χ4v) is 4.87. The summed E-state index contributed by atoms with van der Waals surface area (Å²) < 4.78 is 5.37.